The SMILES string of the molecule is Nc1c(Cl)c(OC(=O)O)nc(-c2cccs2)c1Cl. The van der Waals surface area contributed by atoms with Gasteiger partial charge in [-0.3, -0.25) is 0 Å². The molecule has 0 aliphatic carbocycles. The standard InChI is InChI=1S/C10H6Cl2N2O3S/c11-5-7(13)6(12)9(17-10(15)16)14-8(5)4-2-1-3-18-4/h1-3H,(H2,13,14)(H,15,16). The van der Waals surface area contributed by atoms with Gasteiger partial charge < -0.3 is 15.6 Å². The fraction of sp³-hybridized carbons (Fsp3) is 0. The smallest absolute Gasteiger partial charge is 0.449 e. The van der Waals surface area contributed by atoms with E-state index in [0.717, 1.165) is 4.88 Å². The van der Waals surface area contributed by atoms with E-state index in [1.54, 1.807) is 12.1 Å². The van der Waals surface area contributed by atoms with Crippen LogP contribution in [0, 0.1) is 0 Å². The minimum Gasteiger partial charge on any atom is -0.449 e. The van der Waals surface area contributed by atoms with E-state index in [1.165, 1.54) is 11.3 Å². The van der Waals surface area contributed by atoms with E-state index >= 15 is 0 Å². The predicted molar refractivity (Wildman–Crippen MR) is 70.6 cm³/mol. The summed E-state index contributed by atoms with van der Waals surface area (Å²) in [5, 5.41) is 10.5. The van der Waals surface area contributed by atoms with Crippen molar-refractivity contribution in [1.82, 2.24) is 4.98 Å². The highest BCUT2D eigenvalue weighted by Gasteiger charge is 2.19. The second kappa shape index (κ2) is 5.01. The third-order valence-electron chi connectivity index (χ3n) is 2.02. The van der Waals surface area contributed by atoms with Gasteiger partial charge in [-0.25, -0.2) is 9.78 Å². The molecule has 8 heteroatoms. The number of carbonyl (C=O) groups is 1. The molecular formula is C10H6Cl2N2O3S. The van der Waals surface area contributed by atoms with Crippen molar-refractivity contribution in [3.8, 4) is 16.5 Å². The topological polar surface area (TPSA) is 85.4 Å². The number of halogens is 2. The maximum atomic E-state index is 10.5. The Kier molecular flexibility index (Phi) is 3.60. The van der Waals surface area contributed by atoms with Gasteiger partial charge in [0.2, 0.25) is 5.88 Å². The monoisotopic (exact) mass is 304 g/mol. The first kappa shape index (κ1) is 12.9. The molecule has 2 aromatic heterocycles. The maximum absolute atomic E-state index is 10.5. The number of pyridine rings is 1. The molecule has 2 aromatic rings. The van der Waals surface area contributed by atoms with E-state index in [1.807, 2.05) is 5.38 Å². The number of nitrogens with two attached hydrogens (primary N) is 1. The molecule has 18 heavy (non-hydrogen) atoms. The second-order valence-corrected chi connectivity index (χ2v) is 4.86. The fourth-order valence-corrected chi connectivity index (χ4v) is 2.50. The number of rotatable bonds is 2. The molecule has 0 aromatic carbocycles. The number of nitrogen functional groups attached to an aromatic ring is 1. The molecule has 0 amide bonds. The molecule has 0 radical (unpaired) electrons. The Morgan fingerprint density at radius 1 is 1.44 bits per heavy atom. The van der Waals surface area contributed by atoms with Crippen molar-refractivity contribution >= 4 is 46.4 Å². The number of aromatic nitrogens is 1. The van der Waals surface area contributed by atoms with E-state index in [0.29, 0.717) is 5.69 Å². The zero-order chi connectivity index (χ0) is 13.3. The number of hydrogen-bond acceptors (Lipinski definition) is 5. The van der Waals surface area contributed by atoms with Crippen LogP contribution in [0.3, 0.4) is 0 Å². The maximum Gasteiger partial charge on any atom is 0.512 e. The number of thiophene rings is 1. The quantitative estimate of drug-likeness (QED) is 0.825. The van der Waals surface area contributed by atoms with Gasteiger partial charge in [0.05, 0.1) is 15.6 Å². The van der Waals surface area contributed by atoms with Gasteiger partial charge >= 0.3 is 6.16 Å². The van der Waals surface area contributed by atoms with E-state index < -0.39 is 6.16 Å². The third kappa shape index (κ3) is 2.35. The molecule has 2 rings (SSSR count). The Labute approximate surface area is 116 Å². The largest absolute Gasteiger partial charge is 0.512 e. The molecule has 0 atom stereocenters. The molecular weight excluding hydrogens is 299 g/mol. The first-order valence-electron chi connectivity index (χ1n) is 4.60. The molecule has 2 heterocycles. The number of anilines is 1. The van der Waals surface area contributed by atoms with Crippen LogP contribution in [-0.2, 0) is 0 Å². The van der Waals surface area contributed by atoms with E-state index in [2.05, 4.69) is 9.72 Å². The van der Waals surface area contributed by atoms with E-state index in [-0.39, 0.29) is 21.6 Å². The second-order valence-electron chi connectivity index (χ2n) is 3.15. The molecule has 0 bridgehead atoms. The average molecular weight is 305 g/mol. The van der Waals surface area contributed by atoms with E-state index in [9.17, 15) is 4.79 Å². The van der Waals surface area contributed by atoms with Crippen molar-refractivity contribution in [1.29, 1.82) is 0 Å². The molecule has 0 spiro atoms. The van der Waals surface area contributed by atoms with Crippen LogP contribution in [-0.4, -0.2) is 16.2 Å². The summed E-state index contributed by atoms with van der Waals surface area (Å²) in [7, 11) is 0. The molecule has 0 saturated carbocycles. The van der Waals surface area contributed by atoms with E-state index in [4.69, 9.17) is 34.0 Å². The summed E-state index contributed by atoms with van der Waals surface area (Å²) < 4.78 is 4.46. The van der Waals surface area contributed by atoms with Crippen LogP contribution in [0.25, 0.3) is 10.6 Å². The summed E-state index contributed by atoms with van der Waals surface area (Å²) in [6, 6.07) is 3.58. The van der Waals surface area contributed by atoms with Gasteiger partial charge in [0.15, 0.2) is 0 Å². The minimum absolute atomic E-state index is 0.0352. The van der Waals surface area contributed by atoms with Crippen molar-refractivity contribution in [2.45, 2.75) is 0 Å². The van der Waals surface area contributed by atoms with Crippen LogP contribution in [0.1, 0.15) is 0 Å². The van der Waals surface area contributed by atoms with Gasteiger partial charge in [-0.1, -0.05) is 29.3 Å². The lowest BCUT2D eigenvalue weighted by Gasteiger charge is -2.09. The average Bonchev–Trinajstić information content (AvgIpc) is 2.83. The van der Waals surface area contributed by atoms with Crippen molar-refractivity contribution in [3.05, 3.63) is 27.6 Å². The van der Waals surface area contributed by atoms with Gasteiger partial charge in [0, 0.05) is 0 Å². The van der Waals surface area contributed by atoms with Crippen molar-refractivity contribution < 1.29 is 14.6 Å². The molecule has 0 aliphatic heterocycles. The molecule has 0 fully saturated rings. The number of nitrogens with zero attached hydrogens (tertiary/aromatic N) is 1. The zero-order valence-electron chi connectivity index (χ0n) is 8.68. The normalized spacial score (nSPS) is 10.3. The lowest BCUT2D eigenvalue weighted by molar-refractivity contribution is 0.142. The Bertz CT molecular complexity index is 602. The molecule has 3 N–H and O–H groups in total. The summed E-state index contributed by atoms with van der Waals surface area (Å²) in [4.78, 5) is 15.2. The van der Waals surface area contributed by atoms with Crippen LogP contribution in [0.5, 0.6) is 5.88 Å². The lowest BCUT2D eigenvalue weighted by Crippen LogP contribution is -2.07. The third-order valence-corrected chi connectivity index (χ3v) is 3.64. The summed E-state index contributed by atoms with van der Waals surface area (Å²) >= 11 is 13.2. The molecule has 0 unspecified atom stereocenters. The highest BCUT2D eigenvalue weighted by atomic mass is 35.5. The first-order valence-corrected chi connectivity index (χ1v) is 6.23. The zero-order valence-corrected chi connectivity index (χ0v) is 11.0. The summed E-state index contributed by atoms with van der Waals surface area (Å²) in [5.41, 5.74) is 6.07. The fourth-order valence-electron chi connectivity index (χ4n) is 1.27. The van der Waals surface area contributed by atoms with Gasteiger partial charge in [-0.2, -0.15) is 0 Å². The van der Waals surface area contributed by atoms with Gasteiger partial charge in [-0.15, -0.1) is 11.3 Å². The van der Waals surface area contributed by atoms with Crippen molar-refractivity contribution in [2.24, 2.45) is 0 Å². The predicted octanol–water partition coefficient (Wildman–Crippen LogP) is 3.76. The molecule has 5 nitrogen and oxygen atoms in total. The van der Waals surface area contributed by atoms with Gasteiger partial charge in [-0.05, 0) is 11.4 Å². The number of ether oxygens (including phenoxy) is 1. The van der Waals surface area contributed by atoms with Gasteiger partial charge in [0.1, 0.15) is 10.7 Å². The summed E-state index contributed by atoms with van der Waals surface area (Å²) in [6.07, 6.45) is -1.52. The Morgan fingerprint density at radius 2 is 2.17 bits per heavy atom. The van der Waals surface area contributed by atoms with Gasteiger partial charge in [0.25, 0.3) is 0 Å². The highest BCUT2D eigenvalue weighted by molar-refractivity contribution is 7.13. The lowest BCUT2D eigenvalue weighted by atomic mass is 10.2. The number of carboxylic acid groups (broad SMARTS) is 1. The Hall–Kier alpha value is -1.50. The Balaban J connectivity index is 2.61. The highest BCUT2D eigenvalue weighted by Crippen LogP contribution is 2.41. The molecule has 94 valence electrons. The molecule has 0 saturated heterocycles. The Morgan fingerprint density at radius 3 is 2.72 bits per heavy atom. The van der Waals surface area contributed by atoms with Crippen LogP contribution in [0.4, 0.5) is 10.5 Å². The van der Waals surface area contributed by atoms with Crippen LogP contribution in [0.15, 0.2) is 17.5 Å². The number of hydrogen-bond donors (Lipinski definition) is 2. The minimum atomic E-state index is -1.52. The van der Waals surface area contributed by atoms with Crippen LogP contribution >= 0.6 is 34.5 Å². The molecule has 0 aliphatic rings. The van der Waals surface area contributed by atoms with Crippen molar-refractivity contribution in [3.63, 3.8) is 0 Å². The summed E-state index contributed by atoms with van der Waals surface area (Å²) in [6.45, 7) is 0. The van der Waals surface area contributed by atoms with Crippen molar-refractivity contribution in [2.75, 3.05) is 5.73 Å². The van der Waals surface area contributed by atoms with Crippen LogP contribution < -0.4 is 10.5 Å². The summed E-state index contributed by atoms with van der Waals surface area (Å²) in [5.74, 6) is -0.283. The first-order chi connectivity index (χ1) is 8.50. The van der Waals surface area contributed by atoms with Crippen LogP contribution in [0.2, 0.25) is 10.0 Å².